The summed E-state index contributed by atoms with van der Waals surface area (Å²) in [5.74, 6) is 0.125. The lowest BCUT2D eigenvalue weighted by atomic mass is 10.0. The Hall–Kier alpha value is -1.72. The molecule has 23 heavy (non-hydrogen) atoms. The van der Waals surface area contributed by atoms with Gasteiger partial charge in [-0.15, -0.1) is 0 Å². The highest BCUT2D eigenvalue weighted by molar-refractivity contribution is 9.10. The van der Waals surface area contributed by atoms with Gasteiger partial charge in [0, 0.05) is 15.7 Å². The fourth-order valence-corrected chi connectivity index (χ4v) is 2.82. The van der Waals surface area contributed by atoms with Crippen LogP contribution < -0.4 is 10.6 Å². The number of rotatable bonds is 3. The maximum Gasteiger partial charge on any atom is 0.257 e. The number of thiocarbonyl (C=S) groups is 1. The number of aryl methyl sites for hydroxylation is 1. The third kappa shape index (κ3) is 4.88. The maximum absolute atomic E-state index is 12.2. The van der Waals surface area contributed by atoms with Gasteiger partial charge in [-0.1, -0.05) is 47.5 Å². The van der Waals surface area contributed by atoms with Crippen LogP contribution in [-0.4, -0.2) is 11.0 Å². The molecule has 0 saturated carbocycles. The van der Waals surface area contributed by atoms with Gasteiger partial charge < -0.3 is 5.32 Å². The first-order valence-corrected chi connectivity index (χ1v) is 8.55. The van der Waals surface area contributed by atoms with Crippen molar-refractivity contribution in [1.82, 2.24) is 5.32 Å². The van der Waals surface area contributed by atoms with Crippen LogP contribution in [0.4, 0.5) is 5.69 Å². The summed E-state index contributed by atoms with van der Waals surface area (Å²) in [7, 11) is 0. The van der Waals surface area contributed by atoms with Crippen LogP contribution in [0.25, 0.3) is 0 Å². The van der Waals surface area contributed by atoms with Crippen molar-refractivity contribution in [2.45, 2.75) is 26.7 Å². The standard InChI is InChI=1S/C18H19BrN2OS/c1-11(2)15-10-14(19)7-8-16(15)20-18(23)21-17(22)13-6-4-5-12(3)9-13/h4-11H,1-3H3,(H2,20,21,22,23). The van der Waals surface area contributed by atoms with Gasteiger partial charge in [-0.2, -0.15) is 0 Å². The normalized spacial score (nSPS) is 10.5. The van der Waals surface area contributed by atoms with Crippen LogP contribution in [0, 0.1) is 6.92 Å². The lowest BCUT2D eigenvalue weighted by Gasteiger charge is -2.16. The van der Waals surface area contributed by atoms with Crippen LogP contribution in [0.3, 0.4) is 0 Å². The molecule has 0 heterocycles. The van der Waals surface area contributed by atoms with Crippen molar-refractivity contribution in [2.24, 2.45) is 0 Å². The zero-order valence-electron chi connectivity index (χ0n) is 13.3. The Labute approximate surface area is 150 Å². The van der Waals surface area contributed by atoms with Gasteiger partial charge in [0.1, 0.15) is 0 Å². The van der Waals surface area contributed by atoms with E-state index in [1.54, 1.807) is 6.07 Å². The van der Waals surface area contributed by atoms with E-state index in [1.807, 2.05) is 37.3 Å². The number of nitrogens with one attached hydrogen (secondary N) is 2. The summed E-state index contributed by atoms with van der Waals surface area (Å²) in [6.07, 6.45) is 0. The van der Waals surface area contributed by atoms with Gasteiger partial charge in [0.2, 0.25) is 0 Å². The topological polar surface area (TPSA) is 41.1 Å². The second-order valence-electron chi connectivity index (χ2n) is 5.66. The quantitative estimate of drug-likeness (QED) is 0.723. The summed E-state index contributed by atoms with van der Waals surface area (Å²) >= 11 is 8.75. The molecule has 0 fully saturated rings. The smallest absolute Gasteiger partial charge is 0.257 e. The maximum atomic E-state index is 12.2. The summed E-state index contributed by atoms with van der Waals surface area (Å²) in [6.45, 7) is 6.17. The summed E-state index contributed by atoms with van der Waals surface area (Å²) in [5, 5.41) is 6.13. The summed E-state index contributed by atoms with van der Waals surface area (Å²) in [4.78, 5) is 12.2. The van der Waals surface area contributed by atoms with E-state index in [2.05, 4.69) is 46.5 Å². The SMILES string of the molecule is Cc1cccc(C(=O)NC(=S)Nc2ccc(Br)cc2C(C)C)c1. The van der Waals surface area contributed by atoms with E-state index < -0.39 is 0 Å². The Morgan fingerprint density at radius 3 is 2.57 bits per heavy atom. The molecule has 0 radical (unpaired) electrons. The van der Waals surface area contributed by atoms with Gasteiger partial charge in [0.25, 0.3) is 5.91 Å². The average Bonchev–Trinajstić information content (AvgIpc) is 2.48. The second-order valence-corrected chi connectivity index (χ2v) is 6.99. The van der Waals surface area contributed by atoms with Crippen LogP contribution in [0.15, 0.2) is 46.9 Å². The first-order chi connectivity index (χ1) is 10.9. The van der Waals surface area contributed by atoms with Crippen molar-refractivity contribution in [3.63, 3.8) is 0 Å². The fourth-order valence-electron chi connectivity index (χ4n) is 2.24. The minimum Gasteiger partial charge on any atom is -0.332 e. The number of carbonyl (C=O) groups is 1. The number of hydrogen-bond donors (Lipinski definition) is 2. The first-order valence-electron chi connectivity index (χ1n) is 7.35. The largest absolute Gasteiger partial charge is 0.332 e. The van der Waals surface area contributed by atoms with E-state index in [0.717, 1.165) is 21.3 Å². The highest BCUT2D eigenvalue weighted by Gasteiger charge is 2.11. The Bertz CT molecular complexity index is 744. The van der Waals surface area contributed by atoms with Gasteiger partial charge in [-0.3, -0.25) is 10.1 Å². The molecule has 1 amide bonds. The Morgan fingerprint density at radius 1 is 1.17 bits per heavy atom. The minimum absolute atomic E-state index is 0.214. The number of carbonyl (C=O) groups excluding carboxylic acids is 1. The molecule has 0 unspecified atom stereocenters. The van der Waals surface area contributed by atoms with Crippen molar-refractivity contribution < 1.29 is 4.79 Å². The predicted molar refractivity (Wildman–Crippen MR) is 103 cm³/mol. The molecule has 0 aromatic heterocycles. The van der Waals surface area contributed by atoms with E-state index >= 15 is 0 Å². The highest BCUT2D eigenvalue weighted by atomic mass is 79.9. The van der Waals surface area contributed by atoms with Crippen molar-refractivity contribution in [2.75, 3.05) is 5.32 Å². The van der Waals surface area contributed by atoms with E-state index in [1.165, 1.54) is 0 Å². The third-order valence-electron chi connectivity index (χ3n) is 3.39. The van der Waals surface area contributed by atoms with Gasteiger partial charge in [-0.25, -0.2) is 0 Å². The molecule has 0 atom stereocenters. The molecule has 2 N–H and O–H groups in total. The number of hydrogen-bond acceptors (Lipinski definition) is 2. The minimum atomic E-state index is -0.214. The van der Waals surface area contributed by atoms with E-state index in [-0.39, 0.29) is 5.91 Å². The molecule has 0 aliphatic heterocycles. The number of halogens is 1. The van der Waals surface area contributed by atoms with Gasteiger partial charge in [0.15, 0.2) is 5.11 Å². The van der Waals surface area contributed by atoms with Crippen LogP contribution in [-0.2, 0) is 0 Å². The molecule has 3 nitrogen and oxygen atoms in total. The third-order valence-corrected chi connectivity index (χ3v) is 4.09. The lowest BCUT2D eigenvalue weighted by molar-refractivity contribution is 0.0977. The summed E-state index contributed by atoms with van der Waals surface area (Å²) in [5.41, 5.74) is 3.66. The zero-order valence-corrected chi connectivity index (χ0v) is 15.7. The summed E-state index contributed by atoms with van der Waals surface area (Å²) in [6, 6.07) is 13.3. The first kappa shape index (κ1) is 17.6. The average molecular weight is 391 g/mol. The molecule has 5 heteroatoms. The molecule has 120 valence electrons. The van der Waals surface area contributed by atoms with E-state index in [4.69, 9.17) is 12.2 Å². The molecule has 0 spiro atoms. The van der Waals surface area contributed by atoms with Crippen LogP contribution in [0.2, 0.25) is 0 Å². The Balaban J connectivity index is 2.09. The summed E-state index contributed by atoms with van der Waals surface area (Å²) < 4.78 is 1.02. The van der Waals surface area contributed by atoms with Crippen molar-refractivity contribution in [3.05, 3.63) is 63.6 Å². The van der Waals surface area contributed by atoms with Crippen molar-refractivity contribution in [1.29, 1.82) is 0 Å². The second kappa shape index (κ2) is 7.70. The number of amides is 1. The van der Waals surface area contributed by atoms with Crippen molar-refractivity contribution in [3.8, 4) is 0 Å². The van der Waals surface area contributed by atoms with Crippen molar-refractivity contribution >= 4 is 44.9 Å². The van der Waals surface area contributed by atoms with Crippen LogP contribution in [0.1, 0.15) is 41.3 Å². The van der Waals surface area contributed by atoms with Gasteiger partial charge in [-0.05, 0) is 61.0 Å². The van der Waals surface area contributed by atoms with Crippen LogP contribution >= 0.6 is 28.1 Å². The monoisotopic (exact) mass is 390 g/mol. The Kier molecular flexibility index (Phi) is 5.91. The molecule has 2 rings (SSSR count). The Morgan fingerprint density at radius 2 is 1.91 bits per heavy atom. The zero-order chi connectivity index (χ0) is 17.0. The fraction of sp³-hybridized carbons (Fsp3) is 0.222. The molecule has 0 saturated heterocycles. The molecule has 0 bridgehead atoms. The van der Waals surface area contributed by atoms with Gasteiger partial charge in [0.05, 0.1) is 0 Å². The molecule has 2 aromatic carbocycles. The van der Waals surface area contributed by atoms with E-state index in [9.17, 15) is 4.79 Å². The molecular weight excluding hydrogens is 372 g/mol. The van der Waals surface area contributed by atoms with E-state index in [0.29, 0.717) is 16.6 Å². The van der Waals surface area contributed by atoms with Crippen LogP contribution in [0.5, 0.6) is 0 Å². The lowest BCUT2D eigenvalue weighted by Crippen LogP contribution is -2.34. The number of anilines is 1. The molecular formula is C18H19BrN2OS. The highest BCUT2D eigenvalue weighted by Crippen LogP contribution is 2.27. The molecule has 0 aliphatic carbocycles. The molecule has 0 aliphatic rings. The number of benzene rings is 2. The molecule has 2 aromatic rings. The van der Waals surface area contributed by atoms with Gasteiger partial charge >= 0.3 is 0 Å². The predicted octanol–water partition coefficient (Wildman–Crippen LogP) is 5.01.